The minimum atomic E-state index is -0.570. The van der Waals surface area contributed by atoms with Crippen molar-refractivity contribution in [2.24, 2.45) is 5.92 Å². The molecule has 0 aliphatic carbocycles. The van der Waals surface area contributed by atoms with Gasteiger partial charge in [0.1, 0.15) is 5.76 Å². The number of fused-ring (bicyclic) bond motifs is 1. The highest BCUT2D eigenvalue weighted by atomic mass is 16.5. The summed E-state index contributed by atoms with van der Waals surface area (Å²) >= 11 is 0. The number of hydrogen-bond donors (Lipinski definition) is 0. The van der Waals surface area contributed by atoms with Crippen LogP contribution in [0.4, 0.5) is 0 Å². The van der Waals surface area contributed by atoms with Crippen LogP contribution in [0.1, 0.15) is 38.2 Å². The summed E-state index contributed by atoms with van der Waals surface area (Å²) in [6.45, 7) is 5.45. The van der Waals surface area contributed by atoms with Gasteiger partial charge in [0.2, 0.25) is 5.89 Å². The summed E-state index contributed by atoms with van der Waals surface area (Å²) in [6.07, 6.45) is 1.52. The number of aromatic nitrogens is 2. The molecule has 0 spiro atoms. The Bertz CT molecular complexity index is 1110. The maximum Gasteiger partial charge on any atom is 0.257 e. The van der Waals surface area contributed by atoms with Crippen LogP contribution in [0.5, 0.6) is 0 Å². The quantitative estimate of drug-likeness (QED) is 0.663. The van der Waals surface area contributed by atoms with Gasteiger partial charge in [0.05, 0.1) is 17.2 Å². The topological polar surface area (TPSA) is 92.7 Å². The Morgan fingerprint density at radius 1 is 1.03 bits per heavy atom. The van der Waals surface area contributed by atoms with E-state index in [4.69, 9.17) is 8.94 Å². The smallest absolute Gasteiger partial charge is 0.257 e. The number of benzene rings is 1. The molecule has 3 aromatic rings. The number of nitrogens with zero attached hydrogens (tertiary/aromatic N) is 4. The van der Waals surface area contributed by atoms with E-state index in [2.05, 4.69) is 10.1 Å². The van der Waals surface area contributed by atoms with Crippen LogP contribution in [0.2, 0.25) is 0 Å². The molecule has 2 unspecified atom stereocenters. The Morgan fingerprint density at radius 3 is 2.33 bits per heavy atom. The molecule has 0 bridgehead atoms. The van der Waals surface area contributed by atoms with Crippen molar-refractivity contribution in [3.63, 3.8) is 0 Å². The molecule has 0 radical (unpaired) electrons. The first-order valence-electron chi connectivity index (χ1n) is 9.96. The zero-order valence-corrected chi connectivity index (χ0v) is 16.9. The van der Waals surface area contributed by atoms with Crippen molar-refractivity contribution >= 4 is 11.8 Å². The highest BCUT2D eigenvalue weighted by molar-refractivity contribution is 5.96. The minimum Gasteiger partial charge on any atom is -0.469 e. The standard InChI is InChI=1S/C22H22N4O4/c1-14-18(8-9-29-14)20(28)26-11-17-10-25(19(27)16-6-4-3-5-7-16)12-22(17,13-26)21-23-15(2)24-30-21/h3-9,17H,10-13H2,1-2H3. The van der Waals surface area contributed by atoms with Gasteiger partial charge in [-0.3, -0.25) is 9.59 Å². The van der Waals surface area contributed by atoms with Gasteiger partial charge in [-0.2, -0.15) is 4.98 Å². The largest absolute Gasteiger partial charge is 0.469 e. The third-order valence-electron chi connectivity index (χ3n) is 6.25. The van der Waals surface area contributed by atoms with Gasteiger partial charge >= 0.3 is 0 Å². The molecule has 2 atom stereocenters. The molecule has 2 amide bonds. The normalized spacial score (nSPS) is 23.1. The molecule has 154 valence electrons. The van der Waals surface area contributed by atoms with Crippen LogP contribution in [0.25, 0.3) is 0 Å². The predicted molar refractivity (Wildman–Crippen MR) is 106 cm³/mol. The molecule has 2 fully saturated rings. The van der Waals surface area contributed by atoms with Gasteiger partial charge in [0.25, 0.3) is 11.8 Å². The molecule has 2 aromatic heterocycles. The van der Waals surface area contributed by atoms with Gasteiger partial charge in [-0.15, -0.1) is 0 Å². The van der Waals surface area contributed by atoms with Gasteiger partial charge in [-0.25, -0.2) is 0 Å². The molecule has 2 aliphatic rings. The second-order valence-electron chi connectivity index (χ2n) is 8.13. The van der Waals surface area contributed by atoms with Crippen molar-refractivity contribution in [3.05, 3.63) is 71.3 Å². The van der Waals surface area contributed by atoms with E-state index in [-0.39, 0.29) is 17.7 Å². The SMILES string of the molecule is Cc1noc(C23CN(C(=O)c4ccccc4)CC2CN(C(=O)c2ccoc2C)C3)n1. The first-order valence-corrected chi connectivity index (χ1v) is 9.96. The van der Waals surface area contributed by atoms with Crippen LogP contribution in [-0.2, 0) is 5.41 Å². The summed E-state index contributed by atoms with van der Waals surface area (Å²) in [4.78, 5) is 34.3. The first kappa shape index (κ1) is 18.6. The summed E-state index contributed by atoms with van der Waals surface area (Å²) < 4.78 is 10.9. The zero-order chi connectivity index (χ0) is 20.9. The van der Waals surface area contributed by atoms with Crippen LogP contribution in [0.3, 0.4) is 0 Å². The van der Waals surface area contributed by atoms with Crippen molar-refractivity contribution in [1.29, 1.82) is 0 Å². The molecule has 5 rings (SSSR count). The van der Waals surface area contributed by atoms with Crippen molar-refractivity contribution in [1.82, 2.24) is 19.9 Å². The van der Waals surface area contributed by atoms with E-state index >= 15 is 0 Å². The summed E-state index contributed by atoms with van der Waals surface area (Å²) in [5.41, 5.74) is 0.638. The lowest BCUT2D eigenvalue weighted by molar-refractivity contribution is 0.0726. The lowest BCUT2D eigenvalue weighted by atomic mass is 9.81. The van der Waals surface area contributed by atoms with E-state index in [0.717, 1.165) is 0 Å². The van der Waals surface area contributed by atoms with Crippen LogP contribution < -0.4 is 0 Å². The van der Waals surface area contributed by atoms with Gasteiger partial charge in [-0.1, -0.05) is 23.4 Å². The lowest BCUT2D eigenvalue weighted by Crippen LogP contribution is -2.41. The number of aryl methyl sites for hydroxylation is 2. The molecule has 8 heteroatoms. The molecule has 8 nitrogen and oxygen atoms in total. The summed E-state index contributed by atoms with van der Waals surface area (Å²) in [5.74, 6) is 1.55. The highest BCUT2D eigenvalue weighted by Crippen LogP contribution is 2.45. The fourth-order valence-electron chi connectivity index (χ4n) is 4.72. The number of furan rings is 1. The van der Waals surface area contributed by atoms with E-state index in [9.17, 15) is 9.59 Å². The predicted octanol–water partition coefficient (Wildman–Crippen LogP) is 2.45. The number of rotatable bonds is 3. The van der Waals surface area contributed by atoms with Crippen LogP contribution in [-0.4, -0.2) is 57.9 Å². The molecule has 30 heavy (non-hydrogen) atoms. The van der Waals surface area contributed by atoms with Crippen LogP contribution >= 0.6 is 0 Å². The van der Waals surface area contributed by atoms with Crippen LogP contribution in [0, 0.1) is 19.8 Å². The monoisotopic (exact) mass is 406 g/mol. The first-order chi connectivity index (χ1) is 14.5. The lowest BCUT2D eigenvalue weighted by Gasteiger charge is -2.26. The van der Waals surface area contributed by atoms with Crippen molar-refractivity contribution in [2.75, 3.05) is 26.2 Å². The molecular formula is C22H22N4O4. The highest BCUT2D eigenvalue weighted by Gasteiger charge is 2.58. The number of carbonyl (C=O) groups excluding carboxylic acids is 2. The second-order valence-corrected chi connectivity index (χ2v) is 8.13. The molecule has 4 heterocycles. The molecule has 2 aliphatic heterocycles. The third-order valence-corrected chi connectivity index (χ3v) is 6.25. The molecule has 0 N–H and O–H groups in total. The van der Waals surface area contributed by atoms with Crippen molar-refractivity contribution in [3.8, 4) is 0 Å². The van der Waals surface area contributed by atoms with E-state index < -0.39 is 5.41 Å². The van der Waals surface area contributed by atoms with E-state index in [1.807, 2.05) is 40.1 Å². The number of carbonyl (C=O) groups is 2. The fourth-order valence-corrected chi connectivity index (χ4v) is 4.72. The summed E-state index contributed by atoms with van der Waals surface area (Å²) in [6, 6.07) is 10.9. The van der Waals surface area contributed by atoms with E-state index in [1.54, 1.807) is 19.9 Å². The van der Waals surface area contributed by atoms with Gasteiger partial charge in [-0.05, 0) is 32.0 Å². The average molecular weight is 406 g/mol. The number of likely N-dealkylation sites (tertiary alicyclic amines) is 2. The molecule has 2 saturated heterocycles. The van der Waals surface area contributed by atoms with Crippen LogP contribution in [0.15, 0.2) is 51.6 Å². The summed E-state index contributed by atoms with van der Waals surface area (Å²) in [7, 11) is 0. The Labute approximate surface area is 173 Å². The zero-order valence-electron chi connectivity index (χ0n) is 16.9. The molecule has 1 aromatic carbocycles. The molecular weight excluding hydrogens is 384 g/mol. The van der Waals surface area contributed by atoms with E-state index in [0.29, 0.717) is 54.8 Å². The van der Waals surface area contributed by atoms with Gasteiger partial charge in [0.15, 0.2) is 5.82 Å². The Kier molecular flexibility index (Phi) is 4.23. The molecule has 0 saturated carbocycles. The van der Waals surface area contributed by atoms with E-state index in [1.165, 1.54) is 6.26 Å². The fraction of sp³-hybridized carbons (Fsp3) is 0.364. The maximum absolute atomic E-state index is 13.1. The maximum atomic E-state index is 13.1. The Morgan fingerprint density at radius 2 is 1.73 bits per heavy atom. The third kappa shape index (κ3) is 2.82. The van der Waals surface area contributed by atoms with Gasteiger partial charge < -0.3 is 18.7 Å². The summed E-state index contributed by atoms with van der Waals surface area (Å²) in [5, 5.41) is 3.97. The van der Waals surface area contributed by atoms with Crippen molar-refractivity contribution < 1.29 is 18.5 Å². The van der Waals surface area contributed by atoms with Crippen molar-refractivity contribution in [2.45, 2.75) is 19.3 Å². The number of hydrogen-bond acceptors (Lipinski definition) is 6. The minimum absolute atomic E-state index is 0.0150. The number of amides is 2. The Balaban J connectivity index is 1.46. The second kappa shape index (κ2) is 6.83. The average Bonchev–Trinajstić information content (AvgIpc) is 3.50. The Hall–Kier alpha value is -3.42. The van der Waals surface area contributed by atoms with Gasteiger partial charge in [0, 0.05) is 37.7 Å².